The summed E-state index contributed by atoms with van der Waals surface area (Å²) in [5.41, 5.74) is 0.765. The van der Waals surface area contributed by atoms with Crippen LogP contribution in [-0.4, -0.2) is 75.6 Å². The van der Waals surface area contributed by atoms with Gasteiger partial charge in [0.25, 0.3) is 0 Å². The summed E-state index contributed by atoms with van der Waals surface area (Å²) < 4.78 is 0. The zero-order chi connectivity index (χ0) is 30.5. The Morgan fingerprint density at radius 3 is 2.00 bits per heavy atom. The molecule has 1 aromatic carbocycles. The molecule has 41 heavy (non-hydrogen) atoms. The molecule has 6 nitrogen and oxygen atoms in total. The lowest BCUT2D eigenvalue weighted by Gasteiger charge is -2.45. The molecule has 3 aliphatic rings. The van der Waals surface area contributed by atoms with E-state index in [0.29, 0.717) is 24.5 Å². The SMILES string of the molecule is CC(=O)[C@H]1C[C@H](N(C(=O)C(C)(C)C)C2CCC(C)(C)CC2)CN1C(=O)C1CN(C(C)(C)C)C[C@H]1c1ccc(Cl)cc1. The standard InChI is InChI=1S/C34H52ClN3O3/c1-22(39)29-18-26(38(31(41)32(2,3)4)25-14-16-34(8,9)17-15-25)19-37(29)30(40)28-21-36(33(5,6)7)20-27(28)23-10-12-24(35)13-11-23/h10-13,25-29H,14-21H2,1-9H3/t26-,27-,28?,29+/m0/s1. The lowest BCUT2D eigenvalue weighted by molar-refractivity contribution is -0.147. The molecule has 0 bridgehead atoms. The first-order valence-corrected chi connectivity index (χ1v) is 15.9. The Hall–Kier alpha value is -1.92. The summed E-state index contributed by atoms with van der Waals surface area (Å²) in [6.07, 6.45) is 4.59. The molecule has 0 radical (unpaired) electrons. The van der Waals surface area contributed by atoms with Gasteiger partial charge in [-0.1, -0.05) is 58.4 Å². The van der Waals surface area contributed by atoms with Crippen LogP contribution >= 0.6 is 11.6 Å². The predicted molar refractivity (Wildman–Crippen MR) is 166 cm³/mol. The quantitative estimate of drug-likeness (QED) is 0.393. The maximum atomic E-state index is 14.5. The van der Waals surface area contributed by atoms with Crippen molar-refractivity contribution >= 4 is 29.2 Å². The minimum atomic E-state index is -0.533. The van der Waals surface area contributed by atoms with E-state index in [1.54, 1.807) is 6.92 Å². The van der Waals surface area contributed by atoms with Crippen molar-refractivity contribution in [2.75, 3.05) is 19.6 Å². The number of ketones is 1. The third-order valence-corrected chi connectivity index (χ3v) is 10.1. The summed E-state index contributed by atoms with van der Waals surface area (Å²) in [7, 11) is 0. The Morgan fingerprint density at radius 2 is 1.49 bits per heavy atom. The number of nitrogens with zero attached hydrogens (tertiary/aromatic N) is 3. The molecule has 228 valence electrons. The van der Waals surface area contributed by atoms with Gasteiger partial charge in [-0.15, -0.1) is 0 Å². The second-order valence-corrected chi connectivity index (χ2v) is 16.1. The van der Waals surface area contributed by atoms with E-state index in [2.05, 4.69) is 44.4 Å². The first-order chi connectivity index (χ1) is 18.9. The second kappa shape index (κ2) is 11.6. The molecule has 2 aliphatic heterocycles. The van der Waals surface area contributed by atoms with Crippen LogP contribution in [0.2, 0.25) is 5.02 Å². The van der Waals surface area contributed by atoms with E-state index in [4.69, 9.17) is 11.6 Å². The summed E-state index contributed by atoms with van der Waals surface area (Å²) >= 11 is 6.20. The minimum Gasteiger partial charge on any atom is -0.334 e. The van der Waals surface area contributed by atoms with Crippen molar-refractivity contribution in [1.29, 1.82) is 0 Å². The first kappa shape index (κ1) is 32.0. The van der Waals surface area contributed by atoms with Gasteiger partial charge in [0, 0.05) is 47.6 Å². The zero-order valence-corrected chi connectivity index (χ0v) is 27.6. The van der Waals surface area contributed by atoms with Gasteiger partial charge in [-0.05, 0) is 82.9 Å². The van der Waals surface area contributed by atoms with Gasteiger partial charge in [-0.2, -0.15) is 0 Å². The Kier molecular flexibility index (Phi) is 9.08. The molecule has 0 aromatic heterocycles. The van der Waals surface area contributed by atoms with Crippen LogP contribution in [0.4, 0.5) is 0 Å². The molecule has 0 spiro atoms. The van der Waals surface area contributed by atoms with Gasteiger partial charge in [-0.25, -0.2) is 0 Å². The van der Waals surface area contributed by atoms with Gasteiger partial charge in [-0.3, -0.25) is 19.3 Å². The Labute approximate surface area is 253 Å². The van der Waals surface area contributed by atoms with Crippen molar-refractivity contribution in [2.45, 2.75) is 124 Å². The highest BCUT2D eigenvalue weighted by atomic mass is 35.5. The number of rotatable bonds is 5. The molecule has 4 rings (SSSR count). The molecule has 1 saturated carbocycles. The average molecular weight is 586 g/mol. The van der Waals surface area contributed by atoms with Gasteiger partial charge in [0.05, 0.1) is 18.0 Å². The van der Waals surface area contributed by atoms with Crippen LogP contribution in [0.15, 0.2) is 24.3 Å². The maximum absolute atomic E-state index is 14.5. The van der Waals surface area contributed by atoms with Crippen molar-refractivity contribution < 1.29 is 14.4 Å². The number of benzene rings is 1. The topological polar surface area (TPSA) is 60.9 Å². The number of amides is 2. The molecular formula is C34H52ClN3O3. The molecule has 2 heterocycles. The fourth-order valence-electron chi connectivity index (χ4n) is 7.19. The molecule has 1 aliphatic carbocycles. The van der Waals surface area contributed by atoms with Crippen LogP contribution in [0.1, 0.15) is 106 Å². The van der Waals surface area contributed by atoms with Crippen LogP contribution in [-0.2, 0) is 14.4 Å². The number of hydrogen-bond acceptors (Lipinski definition) is 4. The van der Waals surface area contributed by atoms with Crippen LogP contribution < -0.4 is 0 Å². The van der Waals surface area contributed by atoms with Crippen LogP contribution in [0, 0.1) is 16.7 Å². The zero-order valence-electron chi connectivity index (χ0n) is 26.8. The first-order valence-electron chi connectivity index (χ1n) is 15.5. The van der Waals surface area contributed by atoms with E-state index >= 15 is 0 Å². The molecule has 1 unspecified atom stereocenters. The summed E-state index contributed by atoms with van der Waals surface area (Å²) in [5, 5.41) is 0.677. The van der Waals surface area contributed by atoms with Gasteiger partial charge in [0.1, 0.15) is 0 Å². The van der Waals surface area contributed by atoms with Crippen molar-refractivity contribution in [3.8, 4) is 0 Å². The largest absolute Gasteiger partial charge is 0.334 e. The fourth-order valence-corrected chi connectivity index (χ4v) is 7.31. The van der Waals surface area contributed by atoms with Crippen molar-refractivity contribution in [3.63, 3.8) is 0 Å². The molecule has 1 aromatic rings. The Balaban J connectivity index is 1.64. The third-order valence-electron chi connectivity index (χ3n) is 9.89. The normalized spacial score (nSPS) is 27.7. The van der Waals surface area contributed by atoms with Gasteiger partial charge < -0.3 is 9.80 Å². The van der Waals surface area contributed by atoms with Gasteiger partial charge in [0.15, 0.2) is 5.78 Å². The molecule has 0 N–H and O–H groups in total. The van der Waals surface area contributed by atoms with Crippen LogP contribution in [0.3, 0.4) is 0 Å². The van der Waals surface area contributed by atoms with E-state index in [1.165, 1.54) is 0 Å². The number of hydrogen-bond donors (Lipinski definition) is 0. The predicted octanol–water partition coefficient (Wildman–Crippen LogP) is 6.56. The number of carbonyl (C=O) groups is 3. The van der Waals surface area contributed by atoms with E-state index < -0.39 is 11.5 Å². The lowest BCUT2D eigenvalue weighted by atomic mass is 9.74. The Bertz CT molecular complexity index is 1120. The van der Waals surface area contributed by atoms with Crippen molar-refractivity contribution in [2.24, 2.45) is 16.7 Å². The third kappa shape index (κ3) is 7.01. The second-order valence-electron chi connectivity index (χ2n) is 15.7. The number of halogens is 1. The minimum absolute atomic E-state index is 0.00232. The van der Waals surface area contributed by atoms with Crippen LogP contribution in [0.5, 0.6) is 0 Å². The van der Waals surface area contributed by atoms with E-state index in [9.17, 15) is 14.4 Å². The molecule has 7 heteroatoms. The average Bonchev–Trinajstić information content (AvgIpc) is 3.50. The van der Waals surface area contributed by atoms with Crippen molar-refractivity contribution in [1.82, 2.24) is 14.7 Å². The highest BCUT2D eigenvalue weighted by molar-refractivity contribution is 6.30. The molecule has 2 amide bonds. The van der Waals surface area contributed by atoms with E-state index in [0.717, 1.165) is 37.8 Å². The van der Waals surface area contributed by atoms with E-state index in [1.807, 2.05) is 49.9 Å². The van der Waals surface area contributed by atoms with Gasteiger partial charge >= 0.3 is 0 Å². The lowest BCUT2D eigenvalue weighted by Crippen LogP contribution is -2.54. The van der Waals surface area contributed by atoms with Crippen molar-refractivity contribution in [3.05, 3.63) is 34.9 Å². The number of likely N-dealkylation sites (tertiary alicyclic amines) is 2. The monoisotopic (exact) mass is 585 g/mol. The van der Waals surface area contributed by atoms with Gasteiger partial charge in [0.2, 0.25) is 11.8 Å². The van der Waals surface area contributed by atoms with E-state index in [-0.39, 0.29) is 52.5 Å². The molecule has 2 saturated heterocycles. The summed E-state index contributed by atoms with van der Waals surface area (Å²) in [6.45, 7) is 20.5. The summed E-state index contributed by atoms with van der Waals surface area (Å²) in [5.74, 6) is -0.0887. The molecule has 4 atom stereocenters. The maximum Gasteiger partial charge on any atom is 0.228 e. The summed E-state index contributed by atoms with van der Waals surface area (Å²) in [6, 6.07) is 7.34. The van der Waals surface area contributed by atoms with Crippen LogP contribution in [0.25, 0.3) is 0 Å². The smallest absolute Gasteiger partial charge is 0.228 e. The number of Topliss-reactive ketones (excluding diaryl/α,β-unsaturated/α-hetero) is 1. The Morgan fingerprint density at radius 1 is 0.902 bits per heavy atom. The summed E-state index contributed by atoms with van der Waals surface area (Å²) in [4.78, 5) is 47.8. The highest BCUT2D eigenvalue weighted by Crippen LogP contribution is 2.42. The molecule has 3 fully saturated rings. The highest BCUT2D eigenvalue weighted by Gasteiger charge is 2.50. The number of carbonyl (C=O) groups excluding carboxylic acids is 3. The molecular weight excluding hydrogens is 534 g/mol. The fraction of sp³-hybridized carbons (Fsp3) is 0.735.